The van der Waals surface area contributed by atoms with E-state index < -0.39 is 0 Å². The average molecular weight is 336 g/mol. The molecule has 0 atom stereocenters. The van der Waals surface area contributed by atoms with Gasteiger partial charge in [0.1, 0.15) is 18.0 Å². The van der Waals surface area contributed by atoms with Crippen LogP contribution in [0.25, 0.3) is 22.2 Å². The number of aryl methyl sites for hydroxylation is 1. The van der Waals surface area contributed by atoms with Gasteiger partial charge in [-0.2, -0.15) is 4.98 Å². The molecule has 0 saturated heterocycles. The Labute approximate surface area is 142 Å². The van der Waals surface area contributed by atoms with Crippen LogP contribution in [0.4, 0.5) is 10.2 Å². The van der Waals surface area contributed by atoms with Gasteiger partial charge in [0.05, 0.1) is 11.9 Å². The first kappa shape index (κ1) is 15.1. The molecule has 0 saturated carbocycles. The molecule has 0 aliphatic rings. The second-order valence-electron chi connectivity index (χ2n) is 5.41. The fraction of sp³-hybridized carbons (Fsp3) is 0.118. The number of fused-ring (bicyclic) bond motifs is 1. The number of aromatic nitrogens is 5. The third-order valence-electron chi connectivity index (χ3n) is 3.64. The van der Waals surface area contributed by atoms with Gasteiger partial charge in [0.15, 0.2) is 11.5 Å². The Morgan fingerprint density at radius 2 is 1.92 bits per heavy atom. The molecule has 0 aliphatic carbocycles. The number of halogens is 1. The lowest BCUT2D eigenvalue weighted by atomic mass is 10.1. The molecule has 124 valence electrons. The fourth-order valence-electron chi connectivity index (χ4n) is 2.46. The molecular formula is C17H13FN6O. The zero-order valence-corrected chi connectivity index (χ0v) is 13.3. The first-order chi connectivity index (χ1) is 12.2. The molecule has 0 bridgehead atoms. The molecule has 3 heterocycles. The Balaban J connectivity index is 1.69. The highest BCUT2D eigenvalue weighted by molar-refractivity contribution is 5.89. The van der Waals surface area contributed by atoms with Crippen molar-refractivity contribution in [3.63, 3.8) is 0 Å². The van der Waals surface area contributed by atoms with Crippen molar-refractivity contribution in [3.05, 3.63) is 60.4 Å². The molecule has 1 N–H and O–H groups in total. The number of hydrogen-bond donors (Lipinski definition) is 1. The smallest absolute Gasteiger partial charge is 0.245 e. The maximum absolute atomic E-state index is 13.1. The highest BCUT2D eigenvalue weighted by Crippen LogP contribution is 2.25. The number of pyridine rings is 1. The normalized spacial score (nSPS) is 11.0. The van der Waals surface area contributed by atoms with Crippen LogP contribution in [-0.4, -0.2) is 25.1 Å². The van der Waals surface area contributed by atoms with Crippen LogP contribution >= 0.6 is 0 Å². The summed E-state index contributed by atoms with van der Waals surface area (Å²) in [6.07, 6.45) is 3.14. The Morgan fingerprint density at radius 1 is 1.08 bits per heavy atom. The Kier molecular flexibility index (Phi) is 3.77. The summed E-state index contributed by atoms with van der Waals surface area (Å²) >= 11 is 0. The van der Waals surface area contributed by atoms with Crippen molar-refractivity contribution in [1.29, 1.82) is 0 Å². The van der Waals surface area contributed by atoms with Gasteiger partial charge in [0.2, 0.25) is 5.89 Å². The molecule has 0 aliphatic heterocycles. The van der Waals surface area contributed by atoms with Gasteiger partial charge in [-0.1, -0.05) is 17.3 Å². The zero-order valence-electron chi connectivity index (χ0n) is 13.3. The summed E-state index contributed by atoms with van der Waals surface area (Å²) in [7, 11) is 0. The van der Waals surface area contributed by atoms with Gasteiger partial charge in [-0.15, -0.1) is 0 Å². The molecule has 0 fully saturated rings. The highest BCUT2D eigenvalue weighted by Gasteiger charge is 2.09. The van der Waals surface area contributed by atoms with Crippen molar-refractivity contribution in [2.45, 2.75) is 13.5 Å². The van der Waals surface area contributed by atoms with E-state index in [2.05, 4.69) is 30.4 Å². The number of nitrogens with zero attached hydrogens (tertiary/aromatic N) is 5. The number of benzene rings is 1. The van der Waals surface area contributed by atoms with Crippen LogP contribution in [-0.2, 0) is 6.54 Å². The summed E-state index contributed by atoms with van der Waals surface area (Å²) in [5, 5.41) is 7.66. The van der Waals surface area contributed by atoms with Crippen molar-refractivity contribution in [2.24, 2.45) is 0 Å². The van der Waals surface area contributed by atoms with Crippen molar-refractivity contribution in [3.8, 4) is 11.1 Å². The van der Waals surface area contributed by atoms with Gasteiger partial charge in [-0.25, -0.2) is 19.3 Å². The van der Waals surface area contributed by atoms with Crippen LogP contribution in [0.15, 0.2) is 47.4 Å². The molecular weight excluding hydrogens is 323 g/mol. The third-order valence-corrected chi connectivity index (χ3v) is 3.64. The zero-order chi connectivity index (χ0) is 17.2. The molecule has 0 unspecified atom stereocenters. The van der Waals surface area contributed by atoms with Gasteiger partial charge in [-0.05, 0) is 30.7 Å². The molecule has 0 radical (unpaired) electrons. The summed E-state index contributed by atoms with van der Waals surface area (Å²) in [6, 6.07) is 8.15. The SMILES string of the molecule is Cc1noc(CNc2ncnc3ncc(-c4ccc(F)cc4)cc23)n1. The van der Waals surface area contributed by atoms with E-state index in [0.29, 0.717) is 29.7 Å². The molecule has 4 rings (SSSR count). The van der Waals surface area contributed by atoms with E-state index in [1.807, 2.05) is 6.07 Å². The van der Waals surface area contributed by atoms with E-state index in [-0.39, 0.29) is 5.82 Å². The average Bonchev–Trinajstić information content (AvgIpc) is 3.05. The van der Waals surface area contributed by atoms with Gasteiger partial charge in [0, 0.05) is 11.8 Å². The van der Waals surface area contributed by atoms with Crippen molar-refractivity contribution in [2.75, 3.05) is 5.32 Å². The monoisotopic (exact) mass is 336 g/mol. The largest absolute Gasteiger partial charge is 0.360 e. The van der Waals surface area contributed by atoms with Crippen LogP contribution < -0.4 is 5.32 Å². The molecule has 4 aromatic rings. The van der Waals surface area contributed by atoms with E-state index in [0.717, 1.165) is 16.5 Å². The fourth-order valence-corrected chi connectivity index (χ4v) is 2.46. The van der Waals surface area contributed by atoms with Gasteiger partial charge in [0.25, 0.3) is 0 Å². The molecule has 25 heavy (non-hydrogen) atoms. The second-order valence-corrected chi connectivity index (χ2v) is 5.41. The first-order valence-electron chi connectivity index (χ1n) is 7.59. The Bertz CT molecular complexity index is 1030. The summed E-state index contributed by atoms with van der Waals surface area (Å²) in [4.78, 5) is 16.9. The van der Waals surface area contributed by atoms with E-state index in [9.17, 15) is 4.39 Å². The van der Waals surface area contributed by atoms with Crippen LogP contribution in [0.2, 0.25) is 0 Å². The van der Waals surface area contributed by atoms with Crippen LogP contribution in [0.3, 0.4) is 0 Å². The minimum Gasteiger partial charge on any atom is -0.360 e. The van der Waals surface area contributed by atoms with Gasteiger partial charge < -0.3 is 9.84 Å². The van der Waals surface area contributed by atoms with E-state index >= 15 is 0 Å². The topological polar surface area (TPSA) is 89.6 Å². The summed E-state index contributed by atoms with van der Waals surface area (Å²) in [5.74, 6) is 1.37. The summed E-state index contributed by atoms with van der Waals surface area (Å²) in [5.41, 5.74) is 2.27. The highest BCUT2D eigenvalue weighted by atomic mass is 19.1. The summed E-state index contributed by atoms with van der Waals surface area (Å²) in [6.45, 7) is 2.10. The van der Waals surface area contributed by atoms with Crippen molar-refractivity contribution >= 4 is 16.9 Å². The lowest BCUT2D eigenvalue weighted by Crippen LogP contribution is -2.03. The maximum Gasteiger partial charge on any atom is 0.245 e. The minimum absolute atomic E-state index is 0.280. The van der Waals surface area contributed by atoms with Gasteiger partial charge in [-0.3, -0.25) is 0 Å². The predicted octanol–water partition coefficient (Wildman–Crippen LogP) is 3.13. The minimum atomic E-state index is -0.280. The quantitative estimate of drug-likeness (QED) is 0.612. The number of hydrogen-bond acceptors (Lipinski definition) is 7. The number of nitrogens with one attached hydrogen (secondary N) is 1. The third kappa shape index (κ3) is 3.14. The lowest BCUT2D eigenvalue weighted by Gasteiger charge is -2.08. The van der Waals surface area contributed by atoms with Crippen molar-refractivity contribution < 1.29 is 8.91 Å². The van der Waals surface area contributed by atoms with Crippen molar-refractivity contribution in [1.82, 2.24) is 25.1 Å². The van der Waals surface area contributed by atoms with E-state index in [4.69, 9.17) is 4.52 Å². The number of rotatable bonds is 4. The molecule has 7 nitrogen and oxygen atoms in total. The first-order valence-corrected chi connectivity index (χ1v) is 7.59. The summed E-state index contributed by atoms with van der Waals surface area (Å²) < 4.78 is 18.2. The number of anilines is 1. The molecule has 0 amide bonds. The molecule has 0 spiro atoms. The van der Waals surface area contributed by atoms with E-state index in [1.54, 1.807) is 25.3 Å². The lowest BCUT2D eigenvalue weighted by molar-refractivity contribution is 0.379. The van der Waals surface area contributed by atoms with Gasteiger partial charge >= 0.3 is 0 Å². The van der Waals surface area contributed by atoms with Crippen LogP contribution in [0, 0.1) is 12.7 Å². The molecule has 1 aromatic carbocycles. The molecule has 3 aromatic heterocycles. The predicted molar refractivity (Wildman–Crippen MR) is 89.1 cm³/mol. The van der Waals surface area contributed by atoms with Crippen LogP contribution in [0.1, 0.15) is 11.7 Å². The Hall–Kier alpha value is -3.42. The standard InChI is InChI=1S/C17H13FN6O/c1-10-23-15(25-24-10)8-20-17-14-6-12(7-19-16(14)21-9-22-17)11-2-4-13(18)5-3-11/h2-7,9H,8H2,1H3,(H,19,20,21,22). The molecule has 8 heteroatoms. The maximum atomic E-state index is 13.1. The Morgan fingerprint density at radius 3 is 2.68 bits per heavy atom. The van der Waals surface area contributed by atoms with Crippen LogP contribution in [0.5, 0.6) is 0 Å². The van der Waals surface area contributed by atoms with E-state index in [1.165, 1.54) is 18.5 Å². The second kappa shape index (κ2) is 6.23.